The van der Waals surface area contributed by atoms with Crippen LogP contribution >= 0.6 is 23.2 Å². The zero-order valence-corrected chi connectivity index (χ0v) is 9.56. The monoisotopic (exact) mass is 254 g/mol. The van der Waals surface area contributed by atoms with Gasteiger partial charge in [-0.25, -0.2) is 13.8 Å². The maximum absolute atomic E-state index is 12.1. The van der Waals surface area contributed by atoms with Crippen LogP contribution in [0.4, 0.5) is 14.6 Å². The van der Waals surface area contributed by atoms with E-state index in [0.717, 1.165) is 0 Å². The summed E-state index contributed by atoms with van der Waals surface area (Å²) in [5, 5.41) is 0.444. The summed E-state index contributed by atoms with van der Waals surface area (Å²) in [7, 11) is 1.54. The van der Waals surface area contributed by atoms with E-state index in [9.17, 15) is 8.78 Å². The number of rotatable bonds is 4. The molecule has 0 aromatic carbocycles. The molecule has 6 heteroatoms. The van der Waals surface area contributed by atoms with Gasteiger partial charge in [-0.05, 0) is 11.6 Å². The maximum atomic E-state index is 12.1. The lowest BCUT2D eigenvalue weighted by molar-refractivity contribution is 0.156. The van der Waals surface area contributed by atoms with Crippen molar-refractivity contribution in [1.29, 1.82) is 0 Å². The lowest BCUT2D eigenvalue weighted by Gasteiger charge is -2.18. The predicted molar refractivity (Wildman–Crippen MR) is 58.1 cm³/mol. The van der Waals surface area contributed by atoms with Crippen LogP contribution in [-0.2, 0) is 5.88 Å². The van der Waals surface area contributed by atoms with Crippen molar-refractivity contribution < 1.29 is 8.78 Å². The van der Waals surface area contributed by atoms with E-state index in [4.69, 9.17) is 23.2 Å². The molecule has 2 nitrogen and oxygen atoms in total. The van der Waals surface area contributed by atoms with Crippen LogP contribution in [0, 0.1) is 0 Å². The van der Waals surface area contributed by atoms with E-state index in [1.54, 1.807) is 13.1 Å². The van der Waals surface area contributed by atoms with Gasteiger partial charge in [-0.2, -0.15) is 0 Å². The summed E-state index contributed by atoms with van der Waals surface area (Å²) in [4.78, 5) is 5.30. The molecule has 0 saturated carbocycles. The molecule has 0 atom stereocenters. The number of anilines is 1. The smallest absolute Gasteiger partial charge is 0.255 e. The fraction of sp³-hybridized carbons (Fsp3) is 0.444. The minimum absolute atomic E-state index is 0.233. The van der Waals surface area contributed by atoms with Crippen LogP contribution in [0.15, 0.2) is 12.3 Å². The summed E-state index contributed by atoms with van der Waals surface area (Å²) in [6, 6.07) is 1.61. The molecule has 0 saturated heterocycles. The molecule has 1 aromatic rings. The van der Waals surface area contributed by atoms with Crippen molar-refractivity contribution >= 4 is 29.0 Å². The van der Waals surface area contributed by atoms with Crippen LogP contribution in [0.1, 0.15) is 5.56 Å². The first-order valence-corrected chi connectivity index (χ1v) is 5.15. The Morgan fingerprint density at radius 3 is 2.73 bits per heavy atom. The van der Waals surface area contributed by atoms with Gasteiger partial charge in [0.2, 0.25) is 0 Å². The fourth-order valence-electron chi connectivity index (χ4n) is 1.08. The molecule has 0 bridgehead atoms. The van der Waals surface area contributed by atoms with Crippen LogP contribution < -0.4 is 4.90 Å². The van der Waals surface area contributed by atoms with Gasteiger partial charge in [0.1, 0.15) is 5.82 Å². The van der Waals surface area contributed by atoms with Crippen molar-refractivity contribution in [2.24, 2.45) is 0 Å². The molecule has 0 unspecified atom stereocenters. The lowest BCUT2D eigenvalue weighted by atomic mass is 10.3. The number of hydrogen-bond donors (Lipinski definition) is 0. The Kier molecular flexibility index (Phi) is 4.54. The second-order valence-corrected chi connectivity index (χ2v) is 3.71. The summed E-state index contributed by atoms with van der Waals surface area (Å²) < 4.78 is 24.2. The van der Waals surface area contributed by atoms with Gasteiger partial charge in [0.15, 0.2) is 0 Å². The first-order chi connectivity index (χ1) is 7.04. The number of alkyl halides is 3. The molecule has 1 aromatic heterocycles. The Labute approximate surface area is 96.8 Å². The van der Waals surface area contributed by atoms with Gasteiger partial charge in [-0.1, -0.05) is 11.6 Å². The van der Waals surface area contributed by atoms with Crippen molar-refractivity contribution in [2.45, 2.75) is 12.3 Å². The third kappa shape index (κ3) is 3.47. The molecule has 15 heavy (non-hydrogen) atoms. The summed E-state index contributed by atoms with van der Waals surface area (Å²) in [6.45, 7) is -0.365. The van der Waals surface area contributed by atoms with Crippen molar-refractivity contribution in [3.8, 4) is 0 Å². The average Bonchev–Trinajstić information content (AvgIpc) is 2.17. The van der Waals surface area contributed by atoms with Crippen molar-refractivity contribution in [3.63, 3.8) is 0 Å². The zero-order valence-electron chi connectivity index (χ0n) is 8.05. The highest BCUT2D eigenvalue weighted by Gasteiger charge is 2.11. The highest BCUT2D eigenvalue weighted by molar-refractivity contribution is 6.32. The molecule has 0 amide bonds. The molecule has 0 fully saturated rings. The number of hydrogen-bond acceptors (Lipinski definition) is 2. The van der Waals surface area contributed by atoms with Gasteiger partial charge in [-0.15, -0.1) is 11.6 Å². The molecule has 0 aliphatic rings. The van der Waals surface area contributed by atoms with Crippen molar-refractivity contribution in [2.75, 3.05) is 18.5 Å². The first kappa shape index (κ1) is 12.5. The third-order valence-electron chi connectivity index (χ3n) is 1.87. The second kappa shape index (κ2) is 5.47. The number of halogens is 4. The maximum Gasteiger partial charge on any atom is 0.255 e. The van der Waals surface area contributed by atoms with Gasteiger partial charge in [0.25, 0.3) is 6.43 Å². The minimum atomic E-state index is -2.40. The number of nitrogens with zero attached hydrogens (tertiary/aromatic N) is 2. The normalized spacial score (nSPS) is 10.8. The van der Waals surface area contributed by atoms with Crippen LogP contribution in [0.5, 0.6) is 0 Å². The summed E-state index contributed by atoms with van der Waals surface area (Å²) in [5.41, 5.74) is 0.685. The Morgan fingerprint density at radius 2 is 2.20 bits per heavy atom. The Hall–Kier alpha value is -0.610. The Balaban J connectivity index is 2.85. The largest absolute Gasteiger partial charge is 0.354 e. The zero-order chi connectivity index (χ0) is 11.4. The van der Waals surface area contributed by atoms with E-state index in [-0.39, 0.29) is 12.4 Å². The minimum Gasteiger partial charge on any atom is -0.354 e. The van der Waals surface area contributed by atoms with E-state index in [0.29, 0.717) is 16.4 Å². The van der Waals surface area contributed by atoms with Gasteiger partial charge >= 0.3 is 0 Å². The van der Waals surface area contributed by atoms with Gasteiger partial charge in [-0.3, -0.25) is 0 Å². The third-order valence-corrected chi connectivity index (χ3v) is 2.50. The molecule has 1 heterocycles. The quantitative estimate of drug-likeness (QED) is 0.768. The van der Waals surface area contributed by atoms with E-state index in [1.807, 2.05) is 0 Å². The van der Waals surface area contributed by atoms with E-state index < -0.39 is 6.43 Å². The topological polar surface area (TPSA) is 16.1 Å². The Bertz CT molecular complexity index is 334. The van der Waals surface area contributed by atoms with Crippen LogP contribution in [-0.4, -0.2) is 25.0 Å². The standard InChI is InChI=1S/C9H10Cl2F2N2/c1-15(5-8(12)13)9-2-6(3-10)7(11)4-14-9/h2,4,8H,3,5H2,1H3. The second-order valence-electron chi connectivity index (χ2n) is 3.04. The first-order valence-electron chi connectivity index (χ1n) is 4.24. The van der Waals surface area contributed by atoms with Crippen LogP contribution in [0.2, 0.25) is 5.02 Å². The summed E-state index contributed by atoms with van der Waals surface area (Å²) >= 11 is 11.4. The summed E-state index contributed by atoms with van der Waals surface area (Å²) in [6.07, 6.45) is -0.983. The van der Waals surface area contributed by atoms with E-state index >= 15 is 0 Å². The molecule has 0 spiro atoms. The van der Waals surface area contributed by atoms with Gasteiger partial charge < -0.3 is 4.90 Å². The molecular formula is C9H10Cl2F2N2. The Morgan fingerprint density at radius 1 is 1.53 bits per heavy atom. The van der Waals surface area contributed by atoms with Crippen molar-refractivity contribution in [1.82, 2.24) is 4.98 Å². The number of aromatic nitrogens is 1. The molecule has 0 radical (unpaired) electrons. The molecular weight excluding hydrogens is 245 g/mol. The SMILES string of the molecule is CN(CC(F)F)c1cc(CCl)c(Cl)cn1. The van der Waals surface area contributed by atoms with Crippen LogP contribution in [0.3, 0.4) is 0 Å². The predicted octanol–water partition coefficient (Wildman–Crippen LogP) is 3.18. The molecule has 0 N–H and O–H groups in total. The molecule has 1 rings (SSSR count). The fourth-order valence-corrected chi connectivity index (χ4v) is 1.54. The van der Waals surface area contributed by atoms with E-state index in [2.05, 4.69) is 4.98 Å². The van der Waals surface area contributed by atoms with E-state index in [1.165, 1.54) is 11.1 Å². The van der Waals surface area contributed by atoms with Crippen LogP contribution in [0.25, 0.3) is 0 Å². The lowest BCUT2D eigenvalue weighted by Crippen LogP contribution is -2.24. The van der Waals surface area contributed by atoms with Gasteiger partial charge in [0, 0.05) is 19.1 Å². The molecule has 84 valence electrons. The molecule has 0 aliphatic heterocycles. The highest BCUT2D eigenvalue weighted by atomic mass is 35.5. The number of pyridine rings is 1. The average molecular weight is 255 g/mol. The van der Waals surface area contributed by atoms with Gasteiger partial charge in [0.05, 0.1) is 11.6 Å². The van der Waals surface area contributed by atoms with Crippen molar-refractivity contribution in [3.05, 3.63) is 22.8 Å². The molecule has 0 aliphatic carbocycles. The summed E-state index contributed by atoms with van der Waals surface area (Å²) in [5.74, 6) is 0.673. The highest BCUT2D eigenvalue weighted by Crippen LogP contribution is 2.21.